The zero-order valence-corrected chi connectivity index (χ0v) is 12.0. The Bertz CT molecular complexity index is 454. The third-order valence-electron chi connectivity index (χ3n) is 3.57. The van der Waals surface area contributed by atoms with Crippen molar-refractivity contribution in [3.8, 4) is 5.75 Å². The van der Waals surface area contributed by atoms with Crippen molar-refractivity contribution < 1.29 is 9.53 Å². The van der Waals surface area contributed by atoms with Crippen molar-refractivity contribution in [2.24, 2.45) is 0 Å². The number of anilines is 2. The molecule has 1 heterocycles. The van der Waals surface area contributed by atoms with Gasteiger partial charge in [-0.2, -0.15) is 0 Å². The molecule has 5 heteroatoms. The van der Waals surface area contributed by atoms with Crippen LogP contribution >= 0.6 is 0 Å². The third kappa shape index (κ3) is 4.13. The van der Waals surface area contributed by atoms with E-state index in [9.17, 15) is 4.79 Å². The van der Waals surface area contributed by atoms with Gasteiger partial charge in [0.25, 0.3) is 0 Å². The van der Waals surface area contributed by atoms with E-state index >= 15 is 0 Å². The molecule has 0 unspecified atom stereocenters. The topological polar surface area (TPSA) is 67.6 Å². The van der Waals surface area contributed by atoms with Crippen molar-refractivity contribution in [2.75, 3.05) is 37.8 Å². The Kier molecular flexibility index (Phi) is 5.24. The molecular weight excluding hydrogens is 254 g/mol. The first-order valence-corrected chi connectivity index (χ1v) is 7.15. The lowest BCUT2D eigenvalue weighted by Gasteiger charge is -2.19. The SMILES string of the molecule is COc1cc(N)ccc1NC(=O)CN1CCCCCC1. The summed E-state index contributed by atoms with van der Waals surface area (Å²) in [5.41, 5.74) is 6.99. The van der Waals surface area contributed by atoms with E-state index < -0.39 is 0 Å². The number of benzene rings is 1. The molecule has 1 aliphatic heterocycles. The van der Waals surface area contributed by atoms with Crippen LogP contribution in [-0.2, 0) is 4.79 Å². The Morgan fingerprint density at radius 1 is 1.30 bits per heavy atom. The number of nitrogens with two attached hydrogens (primary N) is 1. The molecule has 1 aliphatic rings. The van der Waals surface area contributed by atoms with Crippen LogP contribution in [0.2, 0.25) is 0 Å². The molecule has 0 aliphatic carbocycles. The second kappa shape index (κ2) is 7.14. The molecule has 0 bridgehead atoms. The van der Waals surface area contributed by atoms with E-state index in [-0.39, 0.29) is 5.91 Å². The molecule has 20 heavy (non-hydrogen) atoms. The van der Waals surface area contributed by atoms with Crippen molar-refractivity contribution in [1.29, 1.82) is 0 Å². The minimum Gasteiger partial charge on any atom is -0.494 e. The Labute approximate surface area is 120 Å². The fourth-order valence-electron chi connectivity index (χ4n) is 2.50. The van der Waals surface area contributed by atoms with E-state index in [2.05, 4.69) is 10.2 Å². The van der Waals surface area contributed by atoms with Crippen LogP contribution in [0.15, 0.2) is 18.2 Å². The smallest absolute Gasteiger partial charge is 0.238 e. The second-order valence-corrected chi connectivity index (χ2v) is 5.20. The first-order chi connectivity index (χ1) is 9.69. The normalized spacial score (nSPS) is 16.4. The number of carbonyl (C=O) groups excluding carboxylic acids is 1. The quantitative estimate of drug-likeness (QED) is 0.827. The van der Waals surface area contributed by atoms with Gasteiger partial charge in [0.1, 0.15) is 5.75 Å². The molecule has 1 saturated heterocycles. The van der Waals surface area contributed by atoms with Crippen LogP contribution in [0.5, 0.6) is 5.75 Å². The van der Waals surface area contributed by atoms with Crippen LogP contribution < -0.4 is 15.8 Å². The van der Waals surface area contributed by atoms with Gasteiger partial charge in [0.05, 0.1) is 19.3 Å². The molecule has 5 nitrogen and oxygen atoms in total. The number of ether oxygens (including phenoxy) is 1. The predicted molar refractivity (Wildman–Crippen MR) is 80.9 cm³/mol. The number of amides is 1. The van der Waals surface area contributed by atoms with E-state index in [1.54, 1.807) is 25.3 Å². The van der Waals surface area contributed by atoms with Crippen molar-refractivity contribution in [3.05, 3.63) is 18.2 Å². The maximum Gasteiger partial charge on any atom is 0.238 e. The minimum atomic E-state index is -0.00466. The number of nitrogens with zero attached hydrogens (tertiary/aromatic N) is 1. The molecular formula is C15H23N3O2. The summed E-state index contributed by atoms with van der Waals surface area (Å²) in [6, 6.07) is 5.24. The number of methoxy groups -OCH3 is 1. The Morgan fingerprint density at radius 3 is 2.65 bits per heavy atom. The maximum absolute atomic E-state index is 12.1. The number of likely N-dealkylation sites (tertiary alicyclic amines) is 1. The molecule has 1 aromatic carbocycles. The summed E-state index contributed by atoms with van der Waals surface area (Å²) in [5, 5.41) is 2.90. The highest BCUT2D eigenvalue weighted by Gasteiger charge is 2.14. The fourth-order valence-corrected chi connectivity index (χ4v) is 2.50. The summed E-state index contributed by atoms with van der Waals surface area (Å²) in [6.45, 7) is 2.45. The number of hydrogen-bond donors (Lipinski definition) is 2. The lowest BCUT2D eigenvalue weighted by atomic mass is 10.2. The molecule has 0 aromatic heterocycles. The molecule has 0 atom stereocenters. The molecule has 3 N–H and O–H groups in total. The van der Waals surface area contributed by atoms with E-state index in [1.807, 2.05) is 0 Å². The van der Waals surface area contributed by atoms with Crippen molar-refractivity contribution in [2.45, 2.75) is 25.7 Å². The van der Waals surface area contributed by atoms with Crippen LogP contribution in [-0.4, -0.2) is 37.6 Å². The number of nitrogens with one attached hydrogen (secondary N) is 1. The van der Waals surface area contributed by atoms with Gasteiger partial charge in [-0.05, 0) is 38.1 Å². The number of rotatable bonds is 4. The monoisotopic (exact) mass is 277 g/mol. The van der Waals surface area contributed by atoms with Gasteiger partial charge in [-0.25, -0.2) is 0 Å². The number of carbonyl (C=O) groups is 1. The predicted octanol–water partition coefficient (Wildman–Crippen LogP) is 2.09. The Balaban J connectivity index is 1.93. The highest BCUT2D eigenvalue weighted by molar-refractivity contribution is 5.94. The zero-order valence-electron chi connectivity index (χ0n) is 12.0. The summed E-state index contributed by atoms with van der Waals surface area (Å²) in [7, 11) is 1.57. The summed E-state index contributed by atoms with van der Waals surface area (Å²) in [6.07, 6.45) is 4.89. The average Bonchev–Trinajstić information content (AvgIpc) is 2.69. The zero-order chi connectivity index (χ0) is 14.4. The van der Waals surface area contributed by atoms with Gasteiger partial charge in [0, 0.05) is 11.8 Å². The first kappa shape index (κ1) is 14.7. The summed E-state index contributed by atoms with van der Waals surface area (Å²) < 4.78 is 5.23. The molecule has 1 amide bonds. The summed E-state index contributed by atoms with van der Waals surface area (Å²) >= 11 is 0. The van der Waals surface area contributed by atoms with E-state index in [0.717, 1.165) is 13.1 Å². The van der Waals surface area contributed by atoms with Crippen molar-refractivity contribution >= 4 is 17.3 Å². The van der Waals surface area contributed by atoms with Crippen LogP contribution in [0, 0.1) is 0 Å². The van der Waals surface area contributed by atoms with E-state index in [1.165, 1.54) is 25.7 Å². The van der Waals surface area contributed by atoms with Gasteiger partial charge < -0.3 is 15.8 Å². The largest absolute Gasteiger partial charge is 0.494 e. The molecule has 0 radical (unpaired) electrons. The molecule has 1 aromatic rings. The Hall–Kier alpha value is -1.75. The minimum absolute atomic E-state index is 0.00466. The van der Waals surface area contributed by atoms with Gasteiger partial charge in [-0.15, -0.1) is 0 Å². The van der Waals surface area contributed by atoms with E-state index in [4.69, 9.17) is 10.5 Å². The molecule has 110 valence electrons. The van der Waals surface area contributed by atoms with Crippen molar-refractivity contribution in [1.82, 2.24) is 4.90 Å². The first-order valence-electron chi connectivity index (χ1n) is 7.15. The molecule has 0 saturated carbocycles. The molecule has 0 spiro atoms. The van der Waals surface area contributed by atoms with Crippen LogP contribution in [0.25, 0.3) is 0 Å². The molecule has 1 fully saturated rings. The van der Waals surface area contributed by atoms with Gasteiger partial charge in [-0.3, -0.25) is 9.69 Å². The number of nitrogen functional groups attached to an aromatic ring is 1. The average molecular weight is 277 g/mol. The van der Waals surface area contributed by atoms with Crippen LogP contribution in [0.1, 0.15) is 25.7 Å². The third-order valence-corrected chi connectivity index (χ3v) is 3.57. The maximum atomic E-state index is 12.1. The molecule has 2 rings (SSSR count). The van der Waals surface area contributed by atoms with Crippen LogP contribution in [0.3, 0.4) is 0 Å². The summed E-state index contributed by atoms with van der Waals surface area (Å²) in [5.74, 6) is 0.587. The van der Waals surface area contributed by atoms with E-state index in [0.29, 0.717) is 23.7 Å². The fraction of sp³-hybridized carbons (Fsp3) is 0.533. The highest BCUT2D eigenvalue weighted by atomic mass is 16.5. The lowest BCUT2D eigenvalue weighted by Crippen LogP contribution is -2.34. The van der Waals surface area contributed by atoms with Crippen molar-refractivity contribution in [3.63, 3.8) is 0 Å². The number of hydrogen-bond acceptors (Lipinski definition) is 4. The second-order valence-electron chi connectivity index (χ2n) is 5.20. The highest BCUT2D eigenvalue weighted by Crippen LogP contribution is 2.26. The van der Waals surface area contributed by atoms with Gasteiger partial charge in [-0.1, -0.05) is 12.8 Å². The van der Waals surface area contributed by atoms with Gasteiger partial charge in [0.2, 0.25) is 5.91 Å². The Morgan fingerprint density at radius 2 is 2.00 bits per heavy atom. The van der Waals surface area contributed by atoms with Gasteiger partial charge >= 0.3 is 0 Å². The lowest BCUT2D eigenvalue weighted by molar-refractivity contribution is -0.117. The summed E-state index contributed by atoms with van der Waals surface area (Å²) in [4.78, 5) is 14.3. The van der Waals surface area contributed by atoms with Gasteiger partial charge in [0.15, 0.2) is 0 Å². The standard InChI is InChI=1S/C15H23N3O2/c1-20-14-10-12(16)6-7-13(14)17-15(19)11-18-8-4-2-3-5-9-18/h6-7,10H,2-5,8-9,11,16H2,1H3,(H,17,19). The van der Waals surface area contributed by atoms with Crippen LogP contribution in [0.4, 0.5) is 11.4 Å².